The van der Waals surface area contributed by atoms with Crippen LogP contribution in [0, 0.1) is 0 Å². The van der Waals surface area contributed by atoms with Crippen LogP contribution < -0.4 is 0 Å². The van der Waals surface area contributed by atoms with Gasteiger partial charge in [0.05, 0.1) is 12.1 Å². The lowest BCUT2D eigenvalue weighted by Crippen LogP contribution is -2.23. The van der Waals surface area contributed by atoms with Crippen molar-refractivity contribution < 1.29 is 4.79 Å². The van der Waals surface area contributed by atoms with Crippen molar-refractivity contribution >= 4 is 28.8 Å². The Morgan fingerprint density at radius 1 is 1.33 bits per heavy atom. The second-order valence-electron chi connectivity index (χ2n) is 4.07. The molecule has 1 heterocycles. The minimum absolute atomic E-state index is 0.00168. The third-order valence-electron chi connectivity index (χ3n) is 2.49. The summed E-state index contributed by atoms with van der Waals surface area (Å²) in [5, 5.41) is 0.849. The Hall–Kier alpha value is -1.39. The fourth-order valence-corrected chi connectivity index (χ4v) is 2.59. The number of carbonyl (C=O) groups excluding carboxylic acids is 1. The van der Waals surface area contributed by atoms with Crippen LogP contribution in [-0.4, -0.2) is 29.9 Å². The average molecular weight is 281 g/mol. The maximum atomic E-state index is 11.6. The molecule has 0 atom stereocenters. The highest BCUT2D eigenvalue weighted by molar-refractivity contribution is 7.19. The molecule has 0 aliphatic rings. The average Bonchev–Trinajstić information content (AvgIpc) is 2.72. The molecular weight excluding hydrogens is 268 g/mol. The van der Waals surface area contributed by atoms with Crippen LogP contribution in [0.5, 0.6) is 0 Å². The van der Waals surface area contributed by atoms with Crippen molar-refractivity contribution in [2.45, 2.75) is 6.42 Å². The molecule has 3 nitrogen and oxygen atoms in total. The van der Waals surface area contributed by atoms with Gasteiger partial charge in [-0.3, -0.25) is 4.79 Å². The monoisotopic (exact) mass is 280 g/mol. The van der Waals surface area contributed by atoms with Gasteiger partial charge in [0, 0.05) is 19.7 Å². The van der Waals surface area contributed by atoms with Gasteiger partial charge < -0.3 is 4.90 Å². The van der Waals surface area contributed by atoms with Crippen LogP contribution >= 0.6 is 22.9 Å². The SMILES string of the molecule is CN(C)C(=O)Cc1nc(-c2ccccc2)sc1Cl. The third-order valence-corrected chi connectivity index (χ3v) is 3.87. The molecule has 1 amide bonds. The Balaban J connectivity index is 2.25. The van der Waals surface area contributed by atoms with E-state index in [1.165, 1.54) is 16.2 Å². The van der Waals surface area contributed by atoms with E-state index in [-0.39, 0.29) is 12.3 Å². The minimum atomic E-state index is 0.00168. The molecule has 0 unspecified atom stereocenters. The van der Waals surface area contributed by atoms with Gasteiger partial charge in [0.1, 0.15) is 9.34 Å². The highest BCUT2D eigenvalue weighted by atomic mass is 35.5. The van der Waals surface area contributed by atoms with Crippen LogP contribution in [0.15, 0.2) is 30.3 Å². The second-order valence-corrected chi connectivity index (χ2v) is 5.67. The molecule has 0 radical (unpaired) electrons. The van der Waals surface area contributed by atoms with Crippen LogP contribution in [0.4, 0.5) is 0 Å². The lowest BCUT2D eigenvalue weighted by Gasteiger charge is -2.08. The maximum absolute atomic E-state index is 11.6. The van der Waals surface area contributed by atoms with E-state index in [9.17, 15) is 4.79 Å². The number of benzene rings is 1. The fraction of sp³-hybridized carbons (Fsp3) is 0.231. The summed E-state index contributed by atoms with van der Waals surface area (Å²) >= 11 is 7.53. The van der Waals surface area contributed by atoms with Gasteiger partial charge >= 0.3 is 0 Å². The normalized spacial score (nSPS) is 10.4. The van der Waals surface area contributed by atoms with E-state index < -0.39 is 0 Å². The van der Waals surface area contributed by atoms with Gasteiger partial charge in [-0.1, -0.05) is 41.9 Å². The highest BCUT2D eigenvalue weighted by Gasteiger charge is 2.15. The number of halogens is 1. The zero-order chi connectivity index (χ0) is 13.1. The Kier molecular flexibility index (Phi) is 3.99. The van der Waals surface area contributed by atoms with Gasteiger partial charge in [-0.05, 0) is 0 Å². The van der Waals surface area contributed by atoms with Crippen LogP contribution in [-0.2, 0) is 11.2 Å². The molecule has 5 heteroatoms. The van der Waals surface area contributed by atoms with Crippen molar-refractivity contribution in [1.82, 2.24) is 9.88 Å². The molecule has 2 rings (SSSR count). The number of rotatable bonds is 3. The number of hydrogen-bond donors (Lipinski definition) is 0. The number of nitrogens with zero attached hydrogens (tertiary/aromatic N) is 2. The lowest BCUT2D eigenvalue weighted by molar-refractivity contribution is -0.128. The first-order chi connectivity index (χ1) is 8.58. The number of likely N-dealkylation sites (N-methyl/N-ethyl adjacent to an activating group) is 1. The predicted molar refractivity (Wildman–Crippen MR) is 75.0 cm³/mol. The molecule has 94 valence electrons. The Morgan fingerprint density at radius 2 is 2.00 bits per heavy atom. The standard InChI is InChI=1S/C13H13ClN2OS/c1-16(2)11(17)8-10-12(14)18-13(15-10)9-6-4-3-5-7-9/h3-7H,8H2,1-2H3. The molecule has 18 heavy (non-hydrogen) atoms. The number of aromatic nitrogens is 1. The zero-order valence-electron chi connectivity index (χ0n) is 10.2. The molecule has 0 N–H and O–H groups in total. The van der Waals surface area contributed by atoms with Crippen LogP contribution in [0.3, 0.4) is 0 Å². The molecule has 0 spiro atoms. The zero-order valence-corrected chi connectivity index (χ0v) is 11.8. The molecule has 2 aromatic rings. The van der Waals surface area contributed by atoms with E-state index in [2.05, 4.69) is 4.98 Å². The molecule has 0 aliphatic heterocycles. The summed E-state index contributed by atoms with van der Waals surface area (Å²) in [6.07, 6.45) is 0.245. The molecule has 0 saturated carbocycles. The molecule has 1 aromatic carbocycles. The predicted octanol–water partition coefficient (Wildman–Crippen LogP) is 3.09. The van der Waals surface area contributed by atoms with Crippen molar-refractivity contribution in [2.75, 3.05) is 14.1 Å². The van der Waals surface area contributed by atoms with Crippen molar-refractivity contribution in [2.24, 2.45) is 0 Å². The fourth-order valence-electron chi connectivity index (χ4n) is 1.45. The summed E-state index contributed by atoms with van der Waals surface area (Å²) in [4.78, 5) is 17.6. The lowest BCUT2D eigenvalue weighted by atomic mass is 10.2. The van der Waals surface area contributed by atoms with E-state index in [4.69, 9.17) is 11.6 Å². The maximum Gasteiger partial charge on any atom is 0.228 e. The van der Waals surface area contributed by atoms with Gasteiger partial charge in [0.15, 0.2) is 0 Å². The van der Waals surface area contributed by atoms with Crippen molar-refractivity contribution in [3.8, 4) is 10.6 Å². The summed E-state index contributed by atoms with van der Waals surface area (Å²) in [6, 6.07) is 9.82. The Morgan fingerprint density at radius 3 is 2.61 bits per heavy atom. The van der Waals surface area contributed by atoms with Crippen molar-refractivity contribution in [3.63, 3.8) is 0 Å². The summed E-state index contributed by atoms with van der Waals surface area (Å²) in [7, 11) is 3.45. The van der Waals surface area contributed by atoms with E-state index >= 15 is 0 Å². The van der Waals surface area contributed by atoms with Crippen LogP contribution in [0.25, 0.3) is 10.6 Å². The first kappa shape index (κ1) is 13.1. The van der Waals surface area contributed by atoms with E-state index in [0.717, 1.165) is 10.6 Å². The molecular formula is C13H13ClN2OS. The molecule has 0 saturated heterocycles. The van der Waals surface area contributed by atoms with E-state index in [1.807, 2.05) is 30.3 Å². The quantitative estimate of drug-likeness (QED) is 0.866. The molecule has 0 fully saturated rings. The van der Waals surface area contributed by atoms with Gasteiger partial charge in [-0.15, -0.1) is 11.3 Å². The highest BCUT2D eigenvalue weighted by Crippen LogP contribution is 2.31. The largest absolute Gasteiger partial charge is 0.348 e. The summed E-state index contributed by atoms with van der Waals surface area (Å²) in [6.45, 7) is 0. The summed E-state index contributed by atoms with van der Waals surface area (Å²) in [5.41, 5.74) is 1.67. The van der Waals surface area contributed by atoms with Crippen LogP contribution in [0.1, 0.15) is 5.69 Å². The number of carbonyl (C=O) groups is 1. The second kappa shape index (κ2) is 5.50. The summed E-state index contributed by atoms with van der Waals surface area (Å²) < 4.78 is 0.587. The van der Waals surface area contributed by atoms with Crippen molar-refractivity contribution in [1.29, 1.82) is 0 Å². The molecule has 1 aromatic heterocycles. The van der Waals surface area contributed by atoms with E-state index in [1.54, 1.807) is 14.1 Å². The number of hydrogen-bond acceptors (Lipinski definition) is 3. The van der Waals surface area contributed by atoms with Crippen molar-refractivity contribution in [3.05, 3.63) is 40.4 Å². The number of amides is 1. The van der Waals surface area contributed by atoms with Gasteiger partial charge in [0.2, 0.25) is 5.91 Å². The smallest absolute Gasteiger partial charge is 0.228 e. The van der Waals surface area contributed by atoms with Gasteiger partial charge in [-0.25, -0.2) is 4.98 Å². The summed E-state index contributed by atoms with van der Waals surface area (Å²) in [5.74, 6) is 0.00168. The van der Waals surface area contributed by atoms with Gasteiger partial charge in [-0.2, -0.15) is 0 Å². The Bertz CT molecular complexity index is 551. The Labute approximate surface area is 115 Å². The molecule has 0 bridgehead atoms. The first-order valence-electron chi connectivity index (χ1n) is 5.48. The van der Waals surface area contributed by atoms with E-state index in [0.29, 0.717) is 10.0 Å². The third kappa shape index (κ3) is 2.89. The number of thiazole rings is 1. The van der Waals surface area contributed by atoms with Gasteiger partial charge in [0.25, 0.3) is 0 Å². The minimum Gasteiger partial charge on any atom is -0.348 e. The molecule has 0 aliphatic carbocycles. The van der Waals surface area contributed by atoms with Crippen LogP contribution in [0.2, 0.25) is 4.34 Å². The first-order valence-corrected chi connectivity index (χ1v) is 6.68. The topological polar surface area (TPSA) is 33.2 Å².